The number of carbonyl (C=O) groups excluding carboxylic acids is 1. The number of carbonyl (C=O) groups is 1. The molecule has 1 aromatic heterocycles. The molecule has 1 aromatic rings. The molecule has 0 atom stereocenters. The molecule has 0 saturated heterocycles. The van der Waals surface area contributed by atoms with Crippen molar-refractivity contribution in [2.24, 2.45) is 0 Å². The molecule has 0 aliphatic heterocycles. The summed E-state index contributed by atoms with van der Waals surface area (Å²) in [6.07, 6.45) is 0.323. The van der Waals surface area contributed by atoms with Crippen molar-refractivity contribution in [3.05, 3.63) is 22.6 Å². The van der Waals surface area contributed by atoms with Gasteiger partial charge >= 0.3 is 12.6 Å². The summed E-state index contributed by atoms with van der Waals surface area (Å²) in [7, 11) is 0. The Morgan fingerprint density at radius 1 is 1.44 bits per heavy atom. The van der Waals surface area contributed by atoms with Crippen molar-refractivity contribution in [1.82, 2.24) is 10.6 Å². The lowest BCUT2D eigenvalue weighted by Crippen LogP contribution is -2.35. The lowest BCUT2D eigenvalue weighted by molar-refractivity contribution is -0.128. The predicted molar refractivity (Wildman–Crippen MR) is 63.2 cm³/mol. The van der Waals surface area contributed by atoms with Crippen LogP contribution in [0.15, 0.2) is 21.2 Å². The molecule has 2 amide bonds. The number of halogens is 3. The molecule has 102 valence electrons. The summed E-state index contributed by atoms with van der Waals surface area (Å²) in [5.74, 6) is 0.609. The Bertz CT molecular complexity index is 374. The molecule has 0 fully saturated rings. The molecule has 0 bridgehead atoms. The van der Waals surface area contributed by atoms with Crippen molar-refractivity contribution in [3.63, 3.8) is 0 Å². The van der Waals surface area contributed by atoms with Gasteiger partial charge in [0.2, 0.25) is 0 Å². The number of hydrogen-bond donors (Lipinski definition) is 2. The molecular formula is C10H13BrF2N2O3. The average molecular weight is 327 g/mol. The van der Waals surface area contributed by atoms with Crippen LogP contribution in [0.1, 0.15) is 12.2 Å². The van der Waals surface area contributed by atoms with E-state index in [1.807, 2.05) is 0 Å². The van der Waals surface area contributed by atoms with Gasteiger partial charge in [-0.1, -0.05) is 0 Å². The van der Waals surface area contributed by atoms with E-state index in [4.69, 9.17) is 4.42 Å². The Morgan fingerprint density at radius 3 is 2.83 bits per heavy atom. The molecule has 0 aliphatic carbocycles. The van der Waals surface area contributed by atoms with Crippen LogP contribution in [0.3, 0.4) is 0 Å². The summed E-state index contributed by atoms with van der Waals surface area (Å²) in [4.78, 5) is 11.3. The normalized spacial score (nSPS) is 10.7. The zero-order valence-electron chi connectivity index (χ0n) is 9.42. The van der Waals surface area contributed by atoms with Gasteiger partial charge in [0.25, 0.3) is 0 Å². The Kier molecular flexibility index (Phi) is 6.66. The van der Waals surface area contributed by atoms with Crippen molar-refractivity contribution in [1.29, 1.82) is 0 Å². The minimum Gasteiger partial charge on any atom is -0.452 e. The largest absolute Gasteiger partial charge is 0.452 e. The summed E-state index contributed by atoms with van der Waals surface area (Å²) in [6, 6.07) is 3.05. The molecule has 5 nitrogen and oxygen atoms in total. The van der Waals surface area contributed by atoms with Crippen LogP contribution in [0.5, 0.6) is 0 Å². The lowest BCUT2D eigenvalue weighted by atomic mass is 10.4. The van der Waals surface area contributed by atoms with Crippen LogP contribution >= 0.6 is 15.9 Å². The van der Waals surface area contributed by atoms with E-state index in [2.05, 4.69) is 31.3 Å². The van der Waals surface area contributed by atoms with Crippen LogP contribution in [0, 0.1) is 0 Å². The number of hydrogen-bond acceptors (Lipinski definition) is 3. The molecule has 0 spiro atoms. The van der Waals surface area contributed by atoms with Crippen molar-refractivity contribution >= 4 is 22.0 Å². The Morgan fingerprint density at radius 2 is 2.22 bits per heavy atom. The fourth-order valence-electron chi connectivity index (χ4n) is 1.12. The number of alkyl halides is 2. The lowest BCUT2D eigenvalue weighted by Gasteiger charge is -2.06. The average Bonchev–Trinajstić information content (AvgIpc) is 2.71. The zero-order valence-corrected chi connectivity index (χ0v) is 11.0. The van der Waals surface area contributed by atoms with Gasteiger partial charge in [0.05, 0.1) is 13.2 Å². The zero-order chi connectivity index (χ0) is 13.4. The van der Waals surface area contributed by atoms with Crippen LogP contribution < -0.4 is 10.6 Å². The number of amides is 2. The van der Waals surface area contributed by atoms with Gasteiger partial charge in [-0.05, 0) is 34.5 Å². The molecule has 1 rings (SSSR count). The van der Waals surface area contributed by atoms with E-state index in [0.717, 1.165) is 0 Å². The van der Waals surface area contributed by atoms with Gasteiger partial charge in [-0.2, -0.15) is 8.78 Å². The van der Waals surface area contributed by atoms with Crippen LogP contribution in [0.2, 0.25) is 0 Å². The first-order valence-corrected chi connectivity index (χ1v) is 6.03. The van der Waals surface area contributed by atoms with Gasteiger partial charge in [0.15, 0.2) is 4.67 Å². The molecule has 0 unspecified atom stereocenters. The molecular weight excluding hydrogens is 314 g/mol. The Labute approximate surface area is 111 Å². The molecule has 0 aromatic carbocycles. The van der Waals surface area contributed by atoms with E-state index in [-0.39, 0.29) is 25.7 Å². The molecule has 0 radical (unpaired) electrons. The highest BCUT2D eigenvalue weighted by Crippen LogP contribution is 2.13. The third-order valence-electron chi connectivity index (χ3n) is 1.90. The first-order chi connectivity index (χ1) is 8.58. The van der Waals surface area contributed by atoms with Gasteiger partial charge in [-0.3, -0.25) is 0 Å². The van der Waals surface area contributed by atoms with E-state index in [0.29, 0.717) is 16.9 Å². The quantitative estimate of drug-likeness (QED) is 0.756. The first-order valence-electron chi connectivity index (χ1n) is 5.23. The van der Waals surface area contributed by atoms with E-state index >= 15 is 0 Å². The second-order valence-electron chi connectivity index (χ2n) is 3.30. The van der Waals surface area contributed by atoms with Crippen LogP contribution in [0.25, 0.3) is 0 Å². The number of furan rings is 1. The topological polar surface area (TPSA) is 63.5 Å². The van der Waals surface area contributed by atoms with Crippen LogP contribution in [-0.2, 0) is 11.3 Å². The van der Waals surface area contributed by atoms with Crippen molar-refractivity contribution in [3.8, 4) is 0 Å². The van der Waals surface area contributed by atoms with E-state index in [9.17, 15) is 13.6 Å². The summed E-state index contributed by atoms with van der Waals surface area (Å²) < 4.78 is 33.0. The number of nitrogens with one attached hydrogen (secondary N) is 2. The fraction of sp³-hybridized carbons (Fsp3) is 0.500. The molecule has 0 saturated carbocycles. The third kappa shape index (κ3) is 6.55. The minimum absolute atomic E-state index is 0.0942. The molecule has 2 N–H and O–H groups in total. The van der Waals surface area contributed by atoms with Crippen molar-refractivity contribution < 1.29 is 22.7 Å². The van der Waals surface area contributed by atoms with Gasteiger partial charge in [-0.15, -0.1) is 0 Å². The molecule has 8 heteroatoms. The standard InChI is InChI=1S/C10H13BrF2N2O3/c11-8-3-2-7(18-8)6-15-10(16)14-4-1-5-17-9(12)13/h2-3,9H,1,4-6H2,(H2,14,15,16). The van der Waals surface area contributed by atoms with E-state index in [1.54, 1.807) is 12.1 Å². The van der Waals surface area contributed by atoms with E-state index in [1.165, 1.54) is 0 Å². The summed E-state index contributed by atoms with van der Waals surface area (Å²) >= 11 is 3.14. The van der Waals surface area contributed by atoms with Crippen LogP contribution in [0.4, 0.5) is 13.6 Å². The monoisotopic (exact) mass is 326 g/mol. The maximum atomic E-state index is 11.6. The second-order valence-corrected chi connectivity index (χ2v) is 4.08. The maximum absolute atomic E-state index is 11.6. The highest BCUT2D eigenvalue weighted by molar-refractivity contribution is 9.10. The first kappa shape index (κ1) is 14.9. The van der Waals surface area contributed by atoms with Gasteiger partial charge in [0, 0.05) is 6.54 Å². The number of rotatable bonds is 7. The molecule has 18 heavy (non-hydrogen) atoms. The third-order valence-corrected chi connectivity index (χ3v) is 2.33. The van der Waals surface area contributed by atoms with Crippen molar-refractivity contribution in [2.45, 2.75) is 19.6 Å². The summed E-state index contributed by atoms with van der Waals surface area (Å²) in [5, 5.41) is 5.06. The second kappa shape index (κ2) is 8.04. The summed E-state index contributed by atoms with van der Waals surface area (Å²) in [5.41, 5.74) is 0. The SMILES string of the molecule is O=C(NCCCOC(F)F)NCc1ccc(Br)o1. The molecule has 0 aliphatic rings. The Hall–Kier alpha value is -1.15. The fourth-order valence-corrected chi connectivity index (χ4v) is 1.46. The van der Waals surface area contributed by atoms with E-state index < -0.39 is 6.61 Å². The van der Waals surface area contributed by atoms with Gasteiger partial charge in [-0.25, -0.2) is 4.79 Å². The minimum atomic E-state index is -2.77. The Balaban J connectivity index is 2.04. The highest BCUT2D eigenvalue weighted by Gasteiger charge is 2.04. The van der Waals surface area contributed by atoms with Crippen LogP contribution in [-0.4, -0.2) is 25.8 Å². The van der Waals surface area contributed by atoms with Gasteiger partial charge < -0.3 is 19.8 Å². The highest BCUT2D eigenvalue weighted by atomic mass is 79.9. The smallest absolute Gasteiger partial charge is 0.345 e. The maximum Gasteiger partial charge on any atom is 0.345 e. The van der Waals surface area contributed by atoms with Gasteiger partial charge in [0.1, 0.15) is 5.76 Å². The number of urea groups is 1. The number of ether oxygens (including phenoxy) is 1. The summed E-state index contributed by atoms with van der Waals surface area (Å²) in [6.45, 7) is -2.34. The molecule has 1 heterocycles. The van der Waals surface area contributed by atoms with Crippen molar-refractivity contribution in [2.75, 3.05) is 13.2 Å². The predicted octanol–water partition coefficient (Wildman–Crippen LogP) is 2.47.